The van der Waals surface area contributed by atoms with Crippen LogP contribution in [-0.4, -0.2) is 58.8 Å². The molecule has 3 aromatic rings. The van der Waals surface area contributed by atoms with Gasteiger partial charge in [-0.1, -0.05) is 61.4 Å². The number of nitrogens with one attached hydrogen (secondary N) is 2. The van der Waals surface area contributed by atoms with Gasteiger partial charge in [-0.2, -0.15) is 0 Å². The summed E-state index contributed by atoms with van der Waals surface area (Å²) in [4.78, 5) is 27.1. The second kappa shape index (κ2) is 17.4. The molecule has 0 spiro atoms. The lowest BCUT2D eigenvalue weighted by Crippen LogP contribution is -2.42. The lowest BCUT2D eigenvalue weighted by Gasteiger charge is -2.38. The van der Waals surface area contributed by atoms with E-state index in [0.29, 0.717) is 36.3 Å². The number of hydrogen-bond acceptors (Lipinski definition) is 8. The first-order valence-corrected chi connectivity index (χ1v) is 16.8. The number of carbonyl (C=O) groups is 2. The third kappa shape index (κ3) is 10.1. The molecule has 2 amide bonds. The maximum atomic E-state index is 12.6. The predicted octanol–water partition coefficient (Wildman–Crippen LogP) is 5.68. The van der Waals surface area contributed by atoms with Crippen molar-refractivity contribution in [3.63, 3.8) is 0 Å². The highest BCUT2D eigenvalue weighted by atomic mass is 16.7. The first-order valence-electron chi connectivity index (χ1n) is 16.8. The zero-order valence-corrected chi connectivity index (χ0v) is 27.0. The van der Waals surface area contributed by atoms with Gasteiger partial charge in [-0.05, 0) is 67.6 Å². The summed E-state index contributed by atoms with van der Waals surface area (Å²) in [5, 5.41) is 25.1. The van der Waals surface area contributed by atoms with Crippen LogP contribution >= 0.6 is 0 Å². The Morgan fingerprint density at radius 2 is 1.51 bits per heavy atom. The molecule has 0 aliphatic carbocycles. The molecule has 2 aliphatic rings. The fourth-order valence-electron chi connectivity index (χ4n) is 6.33. The average molecular weight is 645 g/mol. The van der Waals surface area contributed by atoms with E-state index < -0.39 is 6.29 Å². The molecule has 0 unspecified atom stereocenters. The highest BCUT2D eigenvalue weighted by molar-refractivity contribution is 5.93. The molecule has 2 fully saturated rings. The van der Waals surface area contributed by atoms with Gasteiger partial charge in [0, 0.05) is 43.1 Å². The number of aliphatic hydroxyl groups excluding tert-OH is 2. The molecule has 5 rings (SSSR count). The number of nitrogens with two attached hydrogens (primary N) is 1. The summed E-state index contributed by atoms with van der Waals surface area (Å²) in [6, 6.07) is 22.8. The highest BCUT2D eigenvalue weighted by Gasteiger charge is 2.35. The number of para-hydroxylation sites is 2. The van der Waals surface area contributed by atoms with Crippen LogP contribution in [0.3, 0.4) is 0 Å². The van der Waals surface area contributed by atoms with Gasteiger partial charge in [-0.15, -0.1) is 0 Å². The fourth-order valence-corrected chi connectivity index (χ4v) is 6.33. The molecule has 2 heterocycles. The first-order chi connectivity index (χ1) is 22.9. The van der Waals surface area contributed by atoms with Gasteiger partial charge in [0.1, 0.15) is 0 Å². The Morgan fingerprint density at radius 3 is 2.19 bits per heavy atom. The van der Waals surface area contributed by atoms with Crippen LogP contribution in [0.2, 0.25) is 0 Å². The standard InChI is InChI=1S/C37H48N4O6/c38-32-9-5-6-10-33(32)40-36(45)12-4-2-1-3-11-35(44)39-29-19-17-28(18-20-29)37-46-31(23-41-21-7-8-30(41)25-43)22-34(47-37)27-15-13-26(24-42)14-16-27/h5-6,9-10,13-20,30-31,34,37,42-43H,1-4,7-8,11-12,21-25,38H2,(H,39,44)(H,40,45)/t30-,31+,34-,37-/m0/s1. The van der Waals surface area contributed by atoms with Gasteiger partial charge in [-0.25, -0.2) is 0 Å². The van der Waals surface area contributed by atoms with E-state index in [-0.39, 0.29) is 43.3 Å². The second-order valence-electron chi connectivity index (χ2n) is 12.5. The summed E-state index contributed by atoms with van der Waals surface area (Å²) < 4.78 is 12.9. The van der Waals surface area contributed by atoms with Crippen molar-refractivity contribution in [3.05, 3.63) is 89.5 Å². The summed E-state index contributed by atoms with van der Waals surface area (Å²) in [6.45, 7) is 1.81. The number of unbranched alkanes of at least 4 members (excludes halogenated alkanes) is 3. The number of likely N-dealkylation sites (tertiary alicyclic amines) is 1. The Kier molecular flexibility index (Phi) is 12.8. The maximum absolute atomic E-state index is 12.6. The Labute approximate surface area is 277 Å². The minimum atomic E-state index is -0.580. The Bertz CT molecular complexity index is 1430. The van der Waals surface area contributed by atoms with E-state index in [4.69, 9.17) is 15.2 Å². The molecule has 6 N–H and O–H groups in total. The number of benzene rings is 3. The smallest absolute Gasteiger partial charge is 0.224 e. The third-order valence-electron chi connectivity index (χ3n) is 9.02. The van der Waals surface area contributed by atoms with E-state index in [1.807, 2.05) is 60.7 Å². The Hall–Kier alpha value is -3.80. The van der Waals surface area contributed by atoms with Gasteiger partial charge < -0.3 is 36.1 Å². The molecule has 10 nitrogen and oxygen atoms in total. The molecule has 0 radical (unpaired) electrons. The van der Waals surface area contributed by atoms with Gasteiger partial charge in [0.15, 0.2) is 6.29 Å². The maximum Gasteiger partial charge on any atom is 0.224 e. The minimum Gasteiger partial charge on any atom is -0.397 e. The molecular weight excluding hydrogens is 596 g/mol. The molecule has 47 heavy (non-hydrogen) atoms. The van der Waals surface area contributed by atoms with Crippen LogP contribution < -0.4 is 16.4 Å². The molecule has 0 bridgehead atoms. The number of nitrogen functional groups attached to an aromatic ring is 1. The van der Waals surface area contributed by atoms with Crippen molar-refractivity contribution in [1.82, 2.24) is 4.90 Å². The van der Waals surface area contributed by atoms with Crippen LogP contribution in [0.1, 0.15) is 86.9 Å². The van der Waals surface area contributed by atoms with Crippen LogP contribution in [0.25, 0.3) is 0 Å². The van der Waals surface area contributed by atoms with E-state index in [1.165, 1.54) is 0 Å². The highest BCUT2D eigenvalue weighted by Crippen LogP contribution is 2.39. The third-order valence-corrected chi connectivity index (χ3v) is 9.02. The van der Waals surface area contributed by atoms with Gasteiger partial charge >= 0.3 is 0 Å². The molecule has 0 saturated carbocycles. The lowest BCUT2D eigenvalue weighted by molar-refractivity contribution is -0.253. The minimum absolute atomic E-state index is 0.00718. The number of ether oxygens (including phenoxy) is 2. The van der Waals surface area contributed by atoms with Crippen molar-refractivity contribution in [1.29, 1.82) is 0 Å². The van der Waals surface area contributed by atoms with Gasteiger partial charge in [0.2, 0.25) is 11.8 Å². The summed E-state index contributed by atoms with van der Waals surface area (Å²) in [7, 11) is 0. The van der Waals surface area contributed by atoms with E-state index >= 15 is 0 Å². The largest absolute Gasteiger partial charge is 0.397 e. The van der Waals surface area contributed by atoms with Gasteiger partial charge in [-0.3, -0.25) is 14.5 Å². The van der Waals surface area contributed by atoms with Crippen molar-refractivity contribution < 1.29 is 29.3 Å². The molecular formula is C37H48N4O6. The SMILES string of the molecule is Nc1ccccc1NC(=O)CCCCCCC(=O)Nc1ccc([C@H]2O[C@@H](CN3CCC[C@H]3CO)C[C@@H](c3ccc(CO)cc3)O2)cc1. The second-order valence-corrected chi connectivity index (χ2v) is 12.5. The average Bonchev–Trinajstić information content (AvgIpc) is 3.54. The van der Waals surface area contributed by atoms with Crippen LogP contribution in [0.15, 0.2) is 72.8 Å². The summed E-state index contributed by atoms with van der Waals surface area (Å²) in [5.74, 6) is -0.103. The number of nitrogens with zero attached hydrogens (tertiary/aromatic N) is 1. The Balaban J connectivity index is 1.08. The molecule has 10 heteroatoms. The molecule has 0 aromatic heterocycles. The number of anilines is 3. The fraction of sp³-hybridized carbons (Fsp3) is 0.459. The number of hydrogen-bond donors (Lipinski definition) is 5. The zero-order chi connectivity index (χ0) is 33.0. The van der Waals surface area contributed by atoms with Gasteiger partial charge in [0.25, 0.3) is 0 Å². The molecule has 252 valence electrons. The summed E-state index contributed by atoms with van der Waals surface area (Å²) in [6.07, 6.45) is 5.97. The van der Waals surface area contributed by atoms with Crippen molar-refractivity contribution in [2.24, 2.45) is 0 Å². The summed E-state index contributed by atoms with van der Waals surface area (Å²) >= 11 is 0. The van der Waals surface area contributed by atoms with Crippen molar-refractivity contribution in [2.45, 2.75) is 88.9 Å². The Morgan fingerprint density at radius 1 is 0.830 bits per heavy atom. The monoisotopic (exact) mass is 644 g/mol. The summed E-state index contributed by atoms with van der Waals surface area (Å²) in [5.41, 5.74) is 10.5. The van der Waals surface area contributed by atoms with Gasteiger partial charge in [0.05, 0.1) is 36.8 Å². The van der Waals surface area contributed by atoms with Crippen molar-refractivity contribution in [3.8, 4) is 0 Å². The first kappa shape index (κ1) is 34.5. The zero-order valence-electron chi connectivity index (χ0n) is 27.0. The van der Waals surface area contributed by atoms with Crippen LogP contribution in [-0.2, 0) is 25.7 Å². The van der Waals surface area contributed by atoms with Crippen LogP contribution in [0.5, 0.6) is 0 Å². The molecule has 3 aromatic carbocycles. The molecule has 2 saturated heterocycles. The normalized spacial score (nSPS) is 21.4. The van der Waals surface area contributed by atoms with Crippen molar-refractivity contribution >= 4 is 28.9 Å². The number of amides is 2. The van der Waals surface area contributed by atoms with Crippen LogP contribution in [0.4, 0.5) is 17.1 Å². The molecule has 2 aliphatic heterocycles. The van der Waals surface area contributed by atoms with E-state index in [1.54, 1.807) is 12.1 Å². The number of rotatable bonds is 15. The van der Waals surface area contributed by atoms with Crippen LogP contribution in [0, 0.1) is 0 Å². The topological polar surface area (TPSA) is 146 Å². The predicted molar refractivity (Wildman–Crippen MR) is 182 cm³/mol. The van der Waals surface area contributed by atoms with Crippen molar-refractivity contribution in [2.75, 3.05) is 36.1 Å². The molecule has 4 atom stereocenters. The van der Waals surface area contributed by atoms with E-state index in [2.05, 4.69) is 15.5 Å². The number of aliphatic hydroxyl groups is 2. The number of carbonyl (C=O) groups excluding carboxylic acids is 2. The van der Waals surface area contributed by atoms with E-state index in [9.17, 15) is 19.8 Å². The quantitative estimate of drug-likeness (QED) is 0.105. The van der Waals surface area contributed by atoms with E-state index in [0.717, 1.165) is 68.3 Å². The lowest BCUT2D eigenvalue weighted by atomic mass is 9.99.